The highest BCUT2D eigenvalue weighted by atomic mass is 32.7. The lowest BCUT2D eigenvalue weighted by Gasteiger charge is -2.11. The van der Waals surface area contributed by atoms with Crippen molar-refractivity contribution in [2.24, 2.45) is 0 Å². The zero-order valence-corrected chi connectivity index (χ0v) is 12.4. The molecule has 1 aromatic carbocycles. The van der Waals surface area contributed by atoms with Crippen LogP contribution in [-0.4, -0.2) is 6.61 Å². The first-order valence-electron chi connectivity index (χ1n) is 6.51. The molecule has 1 atom stereocenters. The maximum absolute atomic E-state index is 5.76. The zero-order valence-electron chi connectivity index (χ0n) is 10.6. The predicted molar refractivity (Wildman–Crippen MR) is 81.3 cm³/mol. The normalized spacial score (nSPS) is 12.6. The van der Waals surface area contributed by atoms with Gasteiger partial charge in [-0.3, -0.25) is 0 Å². The first-order valence-corrected chi connectivity index (χ1v) is 8.93. The highest BCUT2D eigenvalue weighted by Gasteiger charge is 2.05. The van der Waals surface area contributed by atoms with E-state index in [9.17, 15) is 0 Å². The van der Waals surface area contributed by atoms with Crippen LogP contribution in [0.1, 0.15) is 45.4 Å². The number of unbranched alkanes of at least 4 members (excludes halogenated alkanes) is 5. The molecule has 0 amide bonds. The lowest BCUT2D eigenvalue weighted by atomic mass is 10.1. The van der Waals surface area contributed by atoms with Crippen molar-refractivity contribution in [2.75, 3.05) is 6.61 Å². The fourth-order valence-corrected chi connectivity index (χ4v) is 3.19. The molecule has 96 valence electrons. The minimum Gasteiger partial charge on any atom is -0.344 e. The molecule has 0 saturated heterocycles. The first kappa shape index (κ1) is 15.0. The number of rotatable bonds is 9. The summed E-state index contributed by atoms with van der Waals surface area (Å²) in [6.07, 6.45) is 7.83. The highest BCUT2D eigenvalue weighted by Crippen LogP contribution is 2.40. The zero-order chi connectivity index (χ0) is 12.3. The Bertz CT molecular complexity index is 279. The molecule has 0 aliphatic heterocycles. The molecule has 1 nitrogen and oxygen atoms in total. The highest BCUT2D eigenvalue weighted by molar-refractivity contribution is 8.46. The quantitative estimate of drug-likeness (QED) is 0.380. The fourth-order valence-electron chi connectivity index (χ4n) is 1.66. The van der Waals surface area contributed by atoms with Crippen LogP contribution in [0.2, 0.25) is 0 Å². The van der Waals surface area contributed by atoms with Crippen molar-refractivity contribution in [3.63, 3.8) is 0 Å². The Morgan fingerprint density at radius 3 is 2.35 bits per heavy atom. The van der Waals surface area contributed by atoms with E-state index in [2.05, 4.69) is 31.3 Å². The molecule has 1 unspecified atom stereocenters. The molecule has 0 aliphatic rings. The first-order chi connectivity index (χ1) is 8.34. The number of hydrogen-bond donors (Lipinski definition) is 1. The summed E-state index contributed by atoms with van der Waals surface area (Å²) < 4.78 is 5.76. The van der Waals surface area contributed by atoms with Crippen molar-refractivity contribution < 1.29 is 4.52 Å². The van der Waals surface area contributed by atoms with Crippen molar-refractivity contribution in [3.8, 4) is 0 Å². The van der Waals surface area contributed by atoms with Gasteiger partial charge in [-0.05, 0) is 6.42 Å². The SMILES string of the molecule is CCCCCCCCOP(S)c1ccccc1. The Balaban J connectivity index is 2.03. The molecule has 0 N–H and O–H groups in total. The van der Waals surface area contributed by atoms with Gasteiger partial charge in [0.1, 0.15) is 7.35 Å². The van der Waals surface area contributed by atoms with Gasteiger partial charge in [-0.15, -0.1) is 12.2 Å². The van der Waals surface area contributed by atoms with Crippen molar-refractivity contribution in [1.82, 2.24) is 0 Å². The smallest absolute Gasteiger partial charge is 0.117 e. The minimum atomic E-state index is -0.709. The number of thiol groups is 1. The van der Waals surface area contributed by atoms with Gasteiger partial charge in [0.05, 0.1) is 6.61 Å². The Hall–Kier alpha value is -0.0400. The van der Waals surface area contributed by atoms with Crippen molar-refractivity contribution >= 4 is 24.9 Å². The van der Waals surface area contributed by atoms with Crippen LogP contribution in [0.15, 0.2) is 30.3 Å². The molecular formula is C14H23OPS. The minimum absolute atomic E-state index is 0.709. The molecule has 0 heterocycles. The molecule has 17 heavy (non-hydrogen) atoms. The van der Waals surface area contributed by atoms with Gasteiger partial charge >= 0.3 is 0 Å². The van der Waals surface area contributed by atoms with E-state index in [1.54, 1.807) is 0 Å². The summed E-state index contributed by atoms with van der Waals surface area (Å²) in [4.78, 5) is 0. The summed E-state index contributed by atoms with van der Waals surface area (Å²) in [6, 6.07) is 10.3. The van der Waals surface area contributed by atoms with Gasteiger partial charge in [0.15, 0.2) is 0 Å². The van der Waals surface area contributed by atoms with Gasteiger partial charge in [-0.1, -0.05) is 69.4 Å². The van der Waals surface area contributed by atoms with Crippen LogP contribution in [0.5, 0.6) is 0 Å². The second-order valence-corrected chi connectivity index (χ2v) is 6.62. The Kier molecular flexibility index (Phi) is 8.78. The molecule has 0 aliphatic carbocycles. The number of hydrogen-bond acceptors (Lipinski definition) is 2. The van der Waals surface area contributed by atoms with Crippen LogP contribution < -0.4 is 5.30 Å². The van der Waals surface area contributed by atoms with Gasteiger partial charge in [-0.2, -0.15) is 0 Å². The summed E-state index contributed by atoms with van der Waals surface area (Å²) in [5.74, 6) is 0. The lowest BCUT2D eigenvalue weighted by Crippen LogP contribution is -1.99. The largest absolute Gasteiger partial charge is 0.344 e. The summed E-state index contributed by atoms with van der Waals surface area (Å²) in [5, 5.41) is 1.21. The Labute approximate surface area is 112 Å². The van der Waals surface area contributed by atoms with Gasteiger partial charge in [0, 0.05) is 5.30 Å². The van der Waals surface area contributed by atoms with Gasteiger partial charge in [0.25, 0.3) is 0 Å². The monoisotopic (exact) mass is 270 g/mol. The standard InChI is InChI=1S/C14H23OPS/c1-2-3-4-5-6-10-13-15-16(17)14-11-8-7-9-12-14/h7-9,11-12,17H,2-6,10,13H2,1H3. The molecule has 3 heteroatoms. The number of benzene rings is 1. The molecule has 0 fully saturated rings. The topological polar surface area (TPSA) is 9.23 Å². The van der Waals surface area contributed by atoms with Crippen LogP contribution >= 0.6 is 19.6 Å². The van der Waals surface area contributed by atoms with E-state index in [0.29, 0.717) is 0 Å². The summed E-state index contributed by atoms with van der Waals surface area (Å²) in [5.41, 5.74) is 0. The molecule has 0 spiro atoms. The second kappa shape index (κ2) is 9.94. The molecule has 1 aromatic rings. The van der Waals surface area contributed by atoms with Gasteiger partial charge in [0.2, 0.25) is 0 Å². The second-order valence-electron chi connectivity index (χ2n) is 4.21. The van der Waals surface area contributed by atoms with Crippen molar-refractivity contribution in [2.45, 2.75) is 45.4 Å². The van der Waals surface area contributed by atoms with E-state index >= 15 is 0 Å². The molecule has 1 rings (SSSR count). The van der Waals surface area contributed by atoms with Crippen LogP contribution in [0.4, 0.5) is 0 Å². The average molecular weight is 270 g/mol. The van der Waals surface area contributed by atoms with Crippen LogP contribution in [-0.2, 0) is 4.52 Å². The third kappa shape index (κ3) is 7.08. The Morgan fingerprint density at radius 2 is 1.65 bits per heavy atom. The van der Waals surface area contributed by atoms with E-state index in [1.807, 2.05) is 18.2 Å². The van der Waals surface area contributed by atoms with Crippen molar-refractivity contribution in [1.29, 1.82) is 0 Å². The molecule has 0 bridgehead atoms. The average Bonchev–Trinajstić information content (AvgIpc) is 2.38. The maximum Gasteiger partial charge on any atom is 0.117 e. The summed E-state index contributed by atoms with van der Waals surface area (Å²) >= 11 is 4.52. The third-order valence-corrected chi connectivity index (χ3v) is 4.89. The molecule has 0 aromatic heterocycles. The van der Waals surface area contributed by atoms with E-state index in [-0.39, 0.29) is 0 Å². The van der Waals surface area contributed by atoms with E-state index < -0.39 is 7.35 Å². The van der Waals surface area contributed by atoms with E-state index in [1.165, 1.54) is 37.4 Å². The summed E-state index contributed by atoms with van der Waals surface area (Å²) in [6.45, 7) is 3.09. The fraction of sp³-hybridized carbons (Fsp3) is 0.571. The van der Waals surface area contributed by atoms with E-state index in [0.717, 1.165) is 13.0 Å². The van der Waals surface area contributed by atoms with Crippen LogP contribution in [0, 0.1) is 0 Å². The molecule has 0 radical (unpaired) electrons. The van der Waals surface area contributed by atoms with Gasteiger partial charge < -0.3 is 4.52 Å². The van der Waals surface area contributed by atoms with Crippen LogP contribution in [0.3, 0.4) is 0 Å². The molecular weight excluding hydrogens is 247 g/mol. The van der Waals surface area contributed by atoms with Crippen LogP contribution in [0.25, 0.3) is 0 Å². The lowest BCUT2D eigenvalue weighted by molar-refractivity contribution is 0.346. The van der Waals surface area contributed by atoms with E-state index in [4.69, 9.17) is 4.52 Å². The molecule has 0 saturated carbocycles. The Morgan fingerprint density at radius 1 is 1.00 bits per heavy atom. The maximum atomic E-state index is 5.76. The third-order valence-electron chi connectivity index (χ3n) is 2.69. The van der Waals surface area contributed by atoms with Crippen molar-refractivity contribution in [3.05, 3.63) is 30.3 Å². The summed E-state index contributed by atoms with van der Waals surface area (Å²) in [7, 11) is -0.709. The predicted octanol–water partition coefficient (Wildman–Crippen LogP) is 4.93. The van der Waals surface area contributed by atoms with Gasteiger partial charge in [-0.25, -0.2) is 0 Å².